The summed E-state index contributed by atoms with van der Waals surface area (Å²) in [7, 11) is 0. The van der Waals surface area contributed by atoms with Crippen LogP contribution in [0, 0.1) is 21.4 Å². The minimum absolute atomic E-state index is 0.367. The van der Waals surface area contributed by atoms with E-state index in [0.29, 0.717) is 10.6 Å². The number of carbonyl (C=O) groups is 2. The Labute approximate surface area is 151 Å². The highest BCUT2D eigenvalue weighted by molar-refractivity contribution is 7.16. The lowest BCUT2D eigenvalue weighted by Crippen LogP contribution is -2.20. The molecule has 0 aromatic carbocycles. The predicted molar refractivity (Wildman–Crippen MR) is 90.0 cm³/mol. The zero-order valence-corrected chi connectivity index (χ0v) is 14.3. The Balaban J connectivity index is 1.61. The molecule has 1 N–H and O–H groups in total. The standard InChI is InChI=1S/C16H13N3O6S/c17-7-10-9-3-1-2-4-12(9)26-15(10)18-13(20)8-24-16(21)11-5-6-14(25-11)19(22)23/h5-6H,1-4,8H2,(H,18,20). The van der Waals surface area contributed by atoms with Crippen LogP contribution in [-0.4, -0.2) is 23.4 Å². The van der Waals surface area contributed by atoms with Gasteiger partial charge < -0.3 is 14.5 Å². The molecule has 1 amide bonds. The lowest BCUT2D eigenvalue weighted by atomic mass is 9.96. The zero-order valence-electron chi connectivity index (χ0n) is 13.4. The van der Waals surface area contributed by atoms with Crippen LogP contribution in [-0.2, 0) is 22.4 Å². The van der Waals surface area contributed by atoms with Crippen LogP contribution in [0.3, 0.4) is 0 Å². The van der Waals surface area contributed by atoms with Crippen LogP contribution >= 0.6 is 11.3 Å². The number of anilines is 1. The molecule has 0 radical (unpaired) electrons. The van der Waals surface area contributed by atoms with Gasteiger partial charge in [0.15, 0.2) is 6.61 Å². The average molecular weight is 375 g/mol. The lowest BCUT2D eigenvalue weighted by Gasteiger charge is -2.09. The minimum Gasteiger partial charge on any atom is -0.450 e. The first-order valence-corrected chi connectivity index (χ1v) is 8.57. The number of furan rings is 1. The van der Waals surface area contributed by atoms with Gasteiger partial charge in [0.25, 0.3) is 5.91 Å². The third-order valence-electron chi connectivity index (χ3n) is 3.84. The van der Waals surface area contributed by atoms with Crippen molar-refractivity contribution in [1.82, 2.24) is 0 Å². The number of fused-ring (bicyclic) bond motifs is 1. The van der Waals surface area contributed by atoms with Gasteiger partial charge in [-0.1, -0.05) is 0 Å². The van der Waals surface area contributed by atoms with Gasteiger partial charge in [-0.25, -0.2) is 4.79 Å². The van der Waals surface area contributed by atoms with Crippen molar-refractivity contribution in [1.29, 1.82) is 5.26 Å². The molecular weight excluding hydrogens is 362 g/mol. The van der Waals surface area contributed by atoms with Gasteiger partial charge in [-0.15, -0.1) is 11.3 Å². The number of nitrogens with one attached hydrogen (secondary N) is 1. The molecule has 1 aliphatic rings. The first kappa shape index (κ1) is 17.6. The van der Waals surface area contributed by atoms with Crippen molar-refractivity contribution in [2.75, 3.05) is 11.9 Å². The normalized spacial score (nSPS) is 12.7. The van der Waals surface area contributed by atoms with Crippen molar-refractivity contribution < 1.29 is 23.7 Å². The van der Waals surface area contributed by atoms with Crippen molar-refractivity contribution in [3.8, 4) is 6.07 Å². The molecule has 0 spiro atoms. The second-order valence-corrected chi connectivity index (χ2v) is 6.65. The van der Waals surface area contributed by atoms with Crippen molar-refractivity contribution in [3.63, 3.8) is 0 Å². The van der Waals surface area contributed by atoms with Gasteiger partial charge in [-0.3, -0.25) is 14.9 Å². The maximum atomic E-state index is 12.0. The molecule has 2 aromatic rings. The van der Waals surface area contributed by atoms with Gasteiger partial charge in [0.05, 0.1) is 11.6 Å². The van der Waals surface area contributed by atoms with Crippen LogP contribution in [0.2, 0.25) is 0 Å². The van der Waals surface area contributed by atoms with E-state index in [-0.39, 0.29) is 5.76 Å². The van der Waals surface area contributed by atoms with Gasteiger partial charge in [0, 0.05) is 4.88 Å². The number of hydrogen-bond acceptors (Lipinski definition) is 8. The summed E-state index contributed by atoms with van der Waals surface area (Å²) < 4.78 is 9.49. The Bertz CT molecular complexity index is 923. The molecule has 26 heavy (non-hydrogen) atoms. The van der Waals surface area contributed by atoms with Crippen molar-refractivity contribution >= 4 is 34.1 Å². The number of esters is 1. The molecule has 0 fully saturated rings. The third-order valence-corrected chi connectivity index (χ3v) is 5.05. The fraction of sp³-hybridized carbons (Fsp3) is 0.312. The van der Waals surface area contributed by atoms with Crippen LogP contribution < -0.4 is 5.32 Å². The number of rotatable bonds is 5. The number of nitro groups is 1. The van der Waals surface area contributed by atoms with E-state index in [9.17, 15) is 25.0 Å². The largest absolute Gasteiger partial charge is 0.450 e. The highest BCUT2D eigenvalue weighted by atomic mass is 32.1. The van der Waals surface area contributed by atoms with E-state index in [1.54, 1.807) is 0 Å². The van der Waals surface area contributed by atoms with E-state index >= 15 is 0 Å². The predicted octanol–water partition coefficient (Wildman–Crippen LogP) is 2.80. The van der Waals surface area contributed by atoms with Gasteiger partial charge in [-0.05, 0) is 37.3 Å². The Morgan fingerprint density at radius 2 is 2.15 bits per heavy atom. The van der Waals surface area contributed by atoms with Crippen LogP contribution in [0.5, 0.6) is 0 Å². The fourth-order valence-corrected chi connectivity index (χ4v) is 3.93. The molecule has 134 valence electrons. The first-order chi connectivity index (χ1) is 12.5. The number of carbonyl (C=O) groups excluding carboxylic acids is 2. The summed E-state index contributed by atoms with van der Waals surface area (Å²) >= 11 is 1.36. The third kappa shape index (κ3) is 3.57. The van der Waals surface area contributed by atoms with Crippen molar-refractivity contribution in [2.45, 2.75) is 25.7 Å². The molecule has 9 nitrogen and oxygen atoms in total. The minimum atomic E-state index is -0.987. The van der Waals surface area contributed by atoms with Gasteiger partial charge in [0.1, 0.15) is 16.0 Å². The van der Waals surface area contributed by atoms with E-state index in [0.717, 1.165) is 48.3 Å². The Morgan fingerprint density at radius 3 is 2.85 bits per heavy atom. The smallest absolute Gasteiger partial charge is 0.433 e. The molecule has 0 atom stereocenters. The molecule has 3 rings (SSSR count). The molecule has 0 saturated carbocycles. The van der Waals surface area contributed by atoms with Gasteiger partial charge >= 0.3 is 11.9 Å². The zero-order chi connectivity index (χ0) is 18.7. The SMILES string of the molecule is N#Cc1c(NC(=O)COC(=O)c2ccc([N+](=O)[O-])o2)sc2c1CCCC2. The summed E-state index contributed by atoms with van der Waals surface area (Å²) in [6, 6.07) is 4.24. The second kappa shape index (κ2) is 7.37. The molecule has 0 unspecified atom stereocenters. The summed E-state index contributed by atoms with van der Waals surface area (Å²) in [6.45, 7) is -0.596. The van der Waals surface area contributed by atoms with Crippen LogP contribution in [0.25, 0.3) is 0 Å². The molecule has 1 aliphatic carbocycles. The highest BCUT2D eigenvalue weighted by Gasteiger charge is 2.23. The highest BCUT2D eigenvalue weighted by Crippen LogP contribution is 2.37. The summed E-state index contributed by atoms with van der Waals surface area (Å²) in [5.41, 5.74) is 1.45. The van der Waals surface area contributed by atoms with Crippen LogP contribution in [0.4, 0.5) is 10.9 Å². The van der Waals surface area contributed by atoms with E-state index in [4.69, 9.17) is 9.15 Å². The van der Waals surface area contributed by atoms with E-state index in [1.807, 2.05) is 0 Å². The number of nitrogens with zero attached hydrogens (tertiary/aromatic N) is 2. The molecule has 0 bridgehead atoms. The van der Waals surface area contributed by atoms with Crippen molar-refractivity contribution in [2.24, 2.45) is 0 Å². The lowest BCUT2D eigenvalue weighted by molar-refractivity contribution is -0.402. The van der Waals surface area contributed by atoms with Crippen molar-refractivity contribution in [3.05, 3.63) is 44.0 Å². The fourth-order valence-electron chi connectivity index (χ4n) is 2.67. The number of aryl methyl sites for hydroxylation is 1. The number of amides is 1. The maximum Gasteiger partial charge on any atom is 0.433 e. The molecule has 2 aromatic heterocycles. The molecule has 2 heterocycles. The maximum absolute atomic E-state index is 12.0. The number of ether oxygens (including phenoxy) is 1. The van der Waals surface area contributed by atoms with Gasteiger partial charge in [0.2, 0.25) is 5.76 Å². The first-order valence-electron chi connectivity index (χ1n) is 7.75. The average Bonchev–Trinajstić information content (AvgIpc) is 3.24. The summed E-state index contributed by atoms with van der Waals surface area (Å²) in [5.74, 6) is -2.55. The molecule has 10 heteroatoms. The van der Waals surface area contributed by atoms with E-state index in [1.165, 1.54) is 11.3 Å². The summed E-state index contributed by atoms with van der Waals surface area (Å²) in [4.78, 5) is 34.6. The van der Waals surface area contributed by atoms with E-state index < -0.39 is 29.3 Å². The number of nitriles is 1. The molecule has 0 saturated heterocycles. The quantitative estimate of drug-likeness (QED) is 0.482. The van der Waals surface area contributed by atoms with Gasteiger partial charge in [-0.2, -0.15) is 5.26 Å². The summed E-state index contributed by atoms with van der Waals surface area (Å²) in [5, 5.41) is 22.9. The Morgan fingerprint density at radius 1 is 1.38 bits per heavy atom. The number of thiophene rings is 1. The molecular formula is C16H13N3O6S. The number of hydrogen-bond donors (Lipinski definition) is 1. The van der Waals surface area contributed by atoms with Crippen LogP contribution in [0.1, 0.15) is 39.4 Å². The van der Waals surface area contributed by atoms with Crippen LogP contribution in [0.15, 0.2) is 16.5 Å². The Hall–Kier alpha value is -3.19. The monoisotopic (exact) mass is 375 g/mol. The topological polar surface area (TPSA) is 135 Å². The van der Waals surface area contributed by atoms with E-state index in [2.05, 4.69) is 11.4 Å². The molecule has 0 aliphatic heterocycles. The Kier molecular flexibility index (Phi) is 4.99. The summed E-state index contributed by atoms with van der Waals surface area (Å²) in [6.07, 6.45) is 3.77. The second-order valence-electron chi connectivity index (χ2n) is 5.55.